The van der Waals surface area contributed by atoms with Gasteiger partial charge in [-0.1, -0.05) is 30.3 Å². The molecule has 0 radical (unpaired) electrons. The highest BCUT2D eigenvalue weighted by molar-refractivity contribution is 5.76. The van der Waals surface area contributed by atoms with Gasteiger partial charge in [-0.25, -0.2) is 9.97 Å². The first-order valence-corrected chi connectivity index (χ1v) is 10.9. The number of H-pyrrole nitrogens is 1. The van der Waals surface area contributed by atoms with Crippen molar-refractivity contribution in [2.24, 2.45) is 0 Å². The maximum absolute atomic E-state index is 12.9. The van der Waals surface area contributed by atoms with Gasteiger partial charge in [0.05, 0.1) is 11.9 Å². The second-order valence-corrected chi connectivity index (χ2v) is 8.59. The van der Waals surface area contributed by atoms with E-state index < -0.39 is 0 Å². The minimum absolute atomic E-state index is 0.0136. The maximum Gasteiger partial charge on any atom is 0.222 e. The van der Waals surface area contributed by atoms with Crippen LogP contribution in [-0.4, -0.2) is 44.1 Å². The summed E-state index contributed by atoms with van der Waals surface area (Å²) in [5.41, 5.74) is 4.62. The molecule has 1 N–H and O–H groups in total. The lowest BCUT2D eigenvalue weighted by atomic mass is 9.77. The van der Waals surface area contributed by atoms with Crippen molar-refractivity contribution in [1.29, 1.82) is 0 Å². The lowest BCUT2D eigenvalue weighted by Gasteiger charge is -2.40. The van der Waals surface area contributed by atoms with E-state index in [0.29, 0.717) is 6.42 Å². The molecule has 3 heterocycles. The molecule has 0 saturated carbocycles. The zero-order chi connectivity index (χ0) is 20.4. The third-order valence-electron chi connectivity index (χ3n) is 6.61. The van der Waals surface area contributed by atoms with E-state index in [2.05, 4.69) is 32.2 Å². The molecule has 1 saturated heterocycles. The monoisotopic (exact) mass is 401 g/mol. The number of hydrogen-bond donors (Lipinski definition) is 1. The average Bonchev–Trinajstić information content (AvgIpc) is 3.43. The SMILES string of the molecule is O=C(CCCc1cn[nH]c1)N1CCCC2(CCc3cnc(-c4ccccc4)nc32)C1. The Balaban J connectivity index is 1.31. The number of piperidine rings is 1. The molecular weight excluding hydrogens is 374 g/mol. The molecular formula is C24H27N5O. The lowest BCUT2D eigenvalue weighted by Crippen LogP contribution is -2.48. The number of nitrogens with zero attached hydrogens (tertiary/aromatic N) is 4. The Kier molecular flexibility index (Phi) is 5.07. The van der Waals surface area contributed by atoms with Gasteiger partial charge in [-0.2, -0.15) is 5.10 Å². The molecule has 6 nitrogen and oxygen atoms in total. The van der Waals surface area contributed by atoms with Crippen LogP contribution < -0.4 is 0 Å². The van der Waals surface area contributed by atoms with Crippen LogP contribution in [0, 0.1) is 0 Å². The Morgan fingerprint density at radius 1 is 1.17 bits per heavy atom. The number of carbonyl (C=O) groups excluding carboxylic acids is 1. The van der Waals surface area contributed by atoms with Gasteiger partial charge in [-0.3, -0.25) is 9.89 Å². The van der Waals surface area contributed by atoms with Crippen LogP contribution in [0.15, 0.2) is 48.9 Å². The number of amides is 1. The summed E-state index contributed by atoms with van der Waals surface area (Å²) < 4.78 is 0. The highest BCUT2D eigenvalue weighted by Crippen LogP contribution is 2.44. The molecule has 154 valence electrons. The second-order valence-electron chi connectivity index (χ2n) is 8.59. The topological polar surface area (TPSA) is 74.8 Å². The van der Waals surface area contributed by atoms with Gasteiger partial charge in [-0.15, -0.1) is 0 Å². The fourth-order valence-corrected chi connectivity index (χ4v) is 5.03. The fourth-order valence-electron chi connectivity index (χ4n) is 5.03. The number of aromatic nitrogens is 4. The van der Waals surface area contributed by atoms with E-state index in [-0.39, 0.29) is 11.3 Å². The van der Waals surface area contributed by atoms with Crippen LogP contribution in [-0.2, 0) is 23.1 Å². The number of rotatable bonds is 5. The molecule has 3 aromatic rings. The molecule has 0 bridgehead atoms. The van der Waals surface area contributed by atoms with E-state index in [9.17, 15) is 4.79 Å². The molecule has 1 aliphatic heterocycles. The molecule has 1 aliphatic carbocycles. The summed E-state index contributed by atoms with van der Waals surface area (Å²) in [6.45, 7) is 1.65. The van der Waals surface area contributed by atoms with Crippen molar-refractivity contribution in [3.8, 4) is 11.4 Å². The Hall–Kier alpha value is -3.02. The zero-order valence-electron chi connectivity index (χ0n) is 17.2. The van der Waals surface area contributed by atoms with Gasteiger partial charge in [0, 0.05) is 42.9 Å². The van der Waals surface area contributed by atoms with E-state index in [1.54, 1.807) is 0 Å². The Morgan fingerprint density at radius 2 is 2.07 bits per heavy atom. The van der Waals surface area contributed by atoms with Gasteiger partial charge in [0.15, 0.2) is 5.82 Å². The summed E-state index contributed by atoms with van der Waals surface area (Å²) in [4.78, 5) is 24.7. The minimum atomic E-state index is -0.0136. The Bertz CT molecular complexity index is 1010. The molecule has 1 spiro atoms. The van der Waals surface area contributed by atoms with E-state index in [0.717, 1.165) is 68.6 Å². The van der Waals surface area contributed by atoms with Gasteiger partial charge in [0.2, 0.25) is 5.91 Å². The maximum atomic E-state index is 12.9. The van der Waals surface area contributed by atoms with Crippen molar-refractivity contribution in [2.45, 2.75) is 50.4 Å². The van der Waals surface area contributed by atoms with Crippen LogP contribution >= 0.6 is 0 Å². The summed E-state index contributed by atoms with van der Waals surface area (Å²) in [6, 6.07) is 10.2. The summed E-state index contributed by atoms with van der Waals surface area (Å²) in [7, 11) is 0. The number of likely N-dealkylation sites (tertiary alicyclic amines) is 1. The predicted octanol–water partition coefficient (Wildman–Crippen LogP) is 3.70. The van der Waals surface area contributed by atoms with Gasteiger partial charge in [0.25, 0.3) is 0 Å². The van der Waals surface area contributed by atoms with Crippen LogP contribution in [0.1, 0.15) is 48.9 Å². The fraction of sp³-hybridized carbons (Fsp3) is 0.417. The van der Waals surface area contributed by atoms with E-state index in [4.69, 9.17) is 4.98 Å². The number of fused-ring (bicyclic) bond motifs is 2. The molecule has 2 aliphatic rings. The number of hydrogen-bond acceptors (Lipinski definition) is 4. The average molecular weight is 402 g/mol. The largest absolute Gasteiger partial charge is 0.342 e. The molecule has 30 heavy (non-hydrogen) atoms. The summed E-state index contributed by atoms with van der Waals surface area (Å²) >= 11 is 0. The van der Waals surface area contributed by atoms with Gasteiger partial charge in [-0.05, 0) is 49.7 Å². The minimum Gasteiger partial charge on any atom is -0.342 e. The first kappa shape index (κ1) is 19.0. The number of aryl methyl sites for hydroxylation is 2. The van der Waals surface area contributed by atoms with E-state index in [1.165, 1.54) is 11.3 Å². The van der Waals surface area contributed by atoms with Crippen LogP contribution in [0.2, 0.25) is 0 Å². The first-order chi connectivity index (χ1) is 14.7. The molecule has 1 aromatic carbocycles. The van der Waals surface area contributed by atoms with Crippen molar-refractivity contribution in [1.82, 2.24) is 25.1 Å². The number of carbonyl (C=O) groups is 1. The van der Waals surface area contributed by atoms with Crippen molar-refractivity contribution in [3.63, 3.8) is 0 Å². The summed E-state index contributed by atoms with van der Waals surface area (Å²) in [5, 5.41) is 6.81. The second kappa shape index (κ2) is 8.01. The molecule has 5 rings (SSSR count). The van der Waals surface area contributed by atoms with Crippen LogP contribution in [0.3, 0.4) is 0 Å². The van der Waals surface area contributed by atoms with Crippen molar-refractivity contribution in [2.75, 3.05) is 13.1 Å². The van der Waals surface area contributed by atoms with Gasteiger partial charge >= 0.3 is 0 Å². The van der Waals surface area contributed by atoms with Crippen molar-refractivity contribution in [3.05, 3.63) is 65.7 Å². The van der Waals surface area contributed by atoms with Crippen molar-refractivity contribution >= 4 is 5.91 Å². The van der Waals surface area contributed by atoms with Crippen LogP contribution in [0.5, 0.6) is 0 Å². The van der Waals surface area contributed by atoms with Crippen LogP contribution in [0.25, 0.3) is 11.4 Å². The molecule has 2 aromatic heterocycles. The smallest absolute Gasteiger partial charge is 0.222 e. The molecule has 1 amide bonds. The molecule has 1 fully saturated rings. The van der Waals surface area contributed by atoms with Gasteiger partial charge in [0.1, 0.15) is 0 Å². The number of nitrogens with one attached hydrogen (secondary N) is 1. The van der Waals surface area contributed by atoms with Gasteiger partial charge < -0.3 is 4.90 Å². The van der Waals surface area contributed by atoms with E-state index in [1.807, 2.05) is 36.8 Å². The highest BCUT2D eigenvalue weighted by atomic mass is 16.2. The summed E-state index contributed by atoms with van der Waals surface area (Å²) in [5.74, 6) is 1.06. The lowest BCUT2D eigenvalue weighted by molar-refractivity contribution is -0.133. The number of aromatic amines is 1. The Labute approximate surface area is 176 Å². The zero-order valence-corrected chi connectivity index (χ0v) is 17.2. The Morgan fingerprint density at radius 3 is 2.90 bits per heavy atom. The molecule has 6 heteroatoms. The normalized spacial score (nSPS) is 20.5. The highest BCUT2D eigenvalue weighted by Gasteiger charge is 2.44. The first-order valence-electron chi connectivity index (χ1n) is 10.9. The third-order valence-corrected chi connectivity index (χ3v) is 6.61. The number of benzene rings is 1. The van der Waals surface area contributed by atoms with Crippen molar-refractivity contribution < 1.29 is 4.79 Å². The third kappa shape index (κ3) is 3.62. The molecule has 1 unspecified atom stereocenters. The molecule has 1 atom stereocenters. The summed E-state index contributed by atoms with van der Waals surface area (Å²) in [6.07, 6.45) is 12.3. The van der Waals surface area contributed by atoms with Crippen LogP contribution in [0.4, 0.5) is 0 Å². The quantitative estimate of drug-likeness (QED) is 0.707. The standard InChI is InChI=1S/C24H27N5O/c30-21(9-4-6-18-14-26-27-15-18)29-13-5-11-24(17-29)12-10-20-16-25-23(28-22(20)24)19-7-2-1-3-8-19/h1-3,7-8,14-16H,4-6,9-13,17H2,(H,26,27). The predicted molar refractivity (Wildman–Crippen MR) is 115 cm³/mol. The van der Waals surface area contributed by atoms with E-state index >= 15 is 0 Å².